The number of pyridine rings is 1. The number of H-pyrrole nitrogens is 1. The summed E-state index contributed by atoms with van der Waals surface area (Å²) in [4.78, 5) is 15.7. The third kappa shape index (κ3) is 3.21. The van der Waals surface area contributed by atoms with Crippen molar-refractivity contribution in [2.75, 3.05) is 18.4 Å². The van der Waals surface area contributed by atoms with Gasteiger partial charge in [0.05, 0.1) is 17.1 Å². The number of benzene rings is 1. The van der Waals surface area contributed by atoms with Crippen LogP contribution < -0.4 is 5.32 Å². The van der Waals surface area contributed by atoms with Gasteiger partial charge in [-0.3, -0.25) is 4.90 Å². The average molecular weight is 391 g/mol. The average Bonchev–Trinajstić information content (AvgIpc) is 3.08. The number of piperidine rings is 1. The van der Waals surface area contributed by atoms with E-state index in [0.717, 1.165) is 60.1 Å². The lowest BCUT2D eigenvalue weighted by Crippen LogP contribution is -2.45. The molecule has 6 heteroatoms. The molecule has 2 aliphatic heterocycles. The molecule has 3 aromatic rings. The Morgan fingerprint density at radius 2 is 1.90 bits per heavy atom. The van der Waals surface area contributed by atoms with E-state index in [-0.39, 0.29) is 11.4 Å². The summed E-state index contributed by atoms with van der Waals surface area (Å²) in [5.74, 6) is 1.87. The van der Waals surface area contributed by atoms with Crippen LogP contribution in [0.3, 0.4) is 0 Å². The van der Waals surface area contributed by atoms with Gasteiger partial charge < -0.3 is 10.3 Å². The first-order chi connectivity index (χ1) is 13.9. The van der Waals surface area contributed by atoms with E-state index < -0.39 is 0 Å². The van der Waals surface area contributed by atoms with E-state index >= 15 is 0 Å². The Morgan fingerprint density at radius 3 is 2.66 bits per heavy atom. The fourth-order valence-electron chi connectivity index (χ4n) is 4.46. The van der Waals surface area contributed by atoms with Crippen LogP contribution in [0, 0.1) is 5.82 Å². The summed E-state index contributed by atoms with van der Waals surface area (Å²) in [6.07, 6.45) is 3.91. The molecule has 5 nitrogen and oxygen atoms in total. The first-order valence-corrected chi connectivity index (χ1v) is 10.3. The van der Waals surface area contributed by atoms with E-state index in [1.807, 2.05) is 12.1 Å². The van der Waals surface area contributed by atoms with Crippen LogP contribution in [0.25, 0.3) is 22.5 Å². The van der Waals surface area contributed by atoms with Gasteiger partial charge in [0.15, 0.2) is 0 Å². The molecule has 4 heterocycles. The lowest BCUT2D eigenvalue weighted by Gasteiger charge is -2.40. The Labute approximate surface area is 170 Å². The number of halogens is 1. The second-order valence-electron chi connectivity index (χ2n) is 8.99. The molecule has 0 unspecified atom stereocenters. The van der Waals surface area contributed by atoms with Crippen molar-refractivity contribution < 1.29 is 4.39 Å². The van der Waals surface area contributed by atoms with Gasteiger partial charge in [-0.25, -0.2) is 14.4 Å². The van der Waals surface area contributed by atoms with Crippen molar-refractivity contribution >= 4 is 11.5 Å². The number of nitrogens with one attached hydrogen (secondary N) is 2. The zero-order valence-electron chi connectivity index (χ0n) is 17.1. The molecular weight excluding hydrogens is 365 g/mol. The SMILES string of the molecule is CC(C)(C)N1CCC(c2nc3c([nH]2)-c2cccnc2Nc2cc(F)ccc2-3)CC1. The minimum atomic E-state index is -0.275. The van der Waals surface area contributed by atoms with E-state index in [4.69, 9.17) is 4.98 Å². The topological polar surface area (TPSA) is 56.8 Å². The molecule has 2 N–H and O–H groups in total. The number of hydrogen-bond acceptors (Lipinski definition) is 4. The highest BCUT2D eigenvalue weighted by Crippen LogP contribution is 2.43. The van der Waals surface area contributed by atoms with Crippen LogP contribution >= 0.6 is 0 Å². The molecule has 0 bridgehead atoms. The number of hydrogen-bond donors (Lipinski definition) is 2. The molecule has 2 aromatic heterocycles. The van der Waals surface area contributed by atoms with Crippen LogP contribution in [0.15, 0.2) is 36.5 Å². The number of aromatic nitrogens is 3. The molecule has 29 heavy (non-hydrogen) atoms. The minimum Gasteiger partial charge on any atom is -0.341 e. The molecule has 0 aliphatic carbocycles. The highest BCUT2D eigenvalue weighted by Gasteiger charge is 2.31. The minimum absolute atomic E-state index is 0.199. The molecule has 1 fully saturated rings. The summed E-state index contributed by atoms with van der Waals surface area (Å²) < 4.78 is 13.9. The Kier molecular flexibility index (Phi) is 4.21. The molecule has 0 spiro atoms. The standard InChI is InChI=1S/C23H26FN5/c1-23(2,3)29-11-8-14(9-12-29)21-27-19-16-7-6-15(24)13-18(16)26-22-17(20(19)28-21)5-4-10-25-22/h4-7,10,13-14H,8-9,11-12H2,1-3H3,(H,25,26)(H,27,28). The maximum atomic E-state index is 13.9. The summed E-state index contributed by atoms with van der Waals surface area (Å²) in [6.45, 7) is 8.96. The van der Waals surface area contributed by atoms with Crippen LogP contribution in [-0.2, 0) is 0 Å². The third-order valence-electron chi connectivity index (χ3n) is 6.12. The van der Waals surface area contributed by atoms with Crippen molar-refractivity contribution in [3.8, 4) is 22.5 Å². The Morgan fingerprint density at radius 1 is 1.10 bits per heavy atom. The lowest BCUT2D eigenvalue weighted by molar-refractivity contribution is 0.101. The maximum absolute atomic E-state index is 13.9. The number of rotatable bonds is 1. The monoisotopic (exact) mass is 391 g/mol. The lowest BCUT2D eigenvalue weighted by atomic mass is 9.92. The molecule has 2 aliphatic rings. The van der Waals surface area contributed by atoms with Gasteiger partial charge in [0.25, 0.3) is 0 Å². The quantitative estimate of drug-likeness (QED) is 0.461. The zero-order chi connectivity index (χ0) is 20.2. The fourth-order valence-corrected chi connectivity index (χ4v) is 4.46. The predicted molar refractivity (Wildman–Crippen MR) is 114 cm³/mol. The van der Waals surface area contributed by atoms with Crippen molar-refractivity contribution in [3.63, 3.8) is 0 Å². The summed E-state index contributed by atoms with van der Waals surface area (Å²) in [5, 5.41) is 3.28. The van der Waals surface area contributed by atoms with Gasteiger partial charge in [0.2, 0.25) is 0 Å². The van der Waals surface area contributed by atoms with Crippen LogP contribution in [-0.4, -0.2) is 38.5 Å². The Hall–Kier alpha value is -2.73. The number of aromatic amines is 1. The molecule has 5 rings (SSSR count). The van der Waals surface area contributed by atoms with E-state index in [2.05, 4.69) is 41.0 Å². The van der Waals surface area contributed by atoms with E-state index in [9.17, 15) is 4.39 Å². The normalized spacial score (nSPS) is 17.1. The molecular formula is C23H26FN5. The molecule has 150 valence electrons. The predicted octanol–water partition coefficient (Wildman–Crippen LogP) is 5.31. The largest absolute Gasteiger partial charge is 0.341 e. The number of imidazole rings is 1. The molecule has 0 amide bonds. The summed E-state index contributed by atoms with van der Waals surface area (Å²) in [6, 6.07) is 8.75. The van der Waals surface area contributed by atoms with Gasteiger partial charge in [-0.2, -0.15) is 0 Å². The molecule has 0 saturated carbocycles. The van der Waals surface area contributed by atoms with E-state index in [0.29, 0.717) is 11.6 Å². The highest BCUT2D eigenvalue weighted by molar-refractivity contribution is 5.94. The van der Waals surface area contributed by atoms with Crippen molar-refractivity contribution in [1.29, 1.82) is 0 Å². The summed E-state index contributed by atoms with van der Waals surface area (Å²) in [7, 11) is 0. The molecule has 0 atom stereocenters. The number of anilines is 2. The van der Waals surface area contributed by atoms with Gasteiger partial charge >= 0.3 is 0 Å². The fraction of sp³-hybridized carbons (Fsp3) is 0.391. The van der Waals surface area contributed by atoms with E-state index in [1.165, 1.54) is 12.1 Å². The van der Waals surface area contributed by atoms with Crippen LogP contribution in [0.1, 0.15) is 45.4 Å². The van der Waals surface area contributed by atoms with Gasteiger partial charge in [-0.15, -0.1) is 0 Å². The van der Waals surface area contributed by atoms with Gasteiger partial charge in [0.1, 0.15) is 17.5 Å². The Balaban J connectivity index is 1.56. The Bertz CT molecular complexity index is 1060. The molecule has 1 saturated heterocycles. The summed E-state index contributed by atoms with van der Waals surface area (Å²) >= 11 is 0. The van der Waals surface area contributed by atoms with Gasteiger partial charge in [0, 0.05) is 28.8 Å². The first kappa shape index (κ1) is 18.3. The zero-order valence-corrected chi connectivity index (χ0v) is 17.1. The van der Waals surface area contributed by atoms with Gasteiger partial charge in [-0.1, -0.05) is 0 Å². The maximum Gasteiger partial charge on any atom is 0.139 e. The van der Waals surface area contributed by atoms with Crippen molar-refractivity contribution in [1.82, 2.24) is 19.9 Å². The van der Waals surface area contributed by atoms with Crippen molar-refractivity contribution in [2.24, 2.45) is 0 Å². The second-order valence-corrected chi connectivity index (χ2v) is 8.99. The first-order valence-electron chi connectivity index (χ1n) is 10.3. The smallest absolute Gasteiger partial charge is 0.139 e. The number of likely N-dealkylation sites (tertiary alicyclic amines) is 1. The van der Waals surface area contributed by atoms with Crippen molar-refractivity contribution in [3.05, 3.63) is 48.2 Å². The van der Waals surface area contributed by atoms with Crippen LogP contribution in [0.5, 0.6) is 0 Å². The van der Waals surface area contributed by atoms with Gasteiger partial charge in [-0.05, 0) is 77.0 Å². The number of fused-ring (bicyclic) bond motifs is 5. The van der Waals surface area contributed by atoms with E-state index in [1.54, 1.807) is 12.3 Å². The second kappa shape index (κ2) is 6.66. The molecule has 1 aromatic carbocycles. The molecule has 0 radical (unpaired) electrons. The van der Waals surface area contributed by atoms with Crippen molar-refractivity contribution in [2.45, 2.75) is 45.1 Å². The summed E-state index contributed by atoms with van der Waals surface area (Å²) in [5.41, 5.74) is 4.58. The van der Waals surface area contributed by atoms with Crippen LogP contribution in [0.2, 0.25) is 0 Å². The highest BCUT2D eigenvalue weighted by atomic mass is 19.1. The number of nitrogens with zero attached hydrogens (tertiary/aromatic N) is 3. The third-order valence-corrected chi connectivity index (χ3v) is 6.12. The van der Waals surface area contributed by atoms with Crippen LogP contribution in [0.4, 0.5) is 15.9 Å².